The van der Waals surface area contributed by atoms with E-state index in [1.807, 2.05) is 41.5 Å². The summed E-state index contributed by atoms with van der Waals surface area (Å²) in [5.41, 5.74) is 5.09. The van der Waals surface area contributed by atoms with E-state index in [1.165, 1.54) is 6.92 Å². The first-order valence-corrected chi connectivity index (χ1v) is 7.07. The summed E-state index contributed by atoms with van der Waals surface area (Å²) in [6.45, 7) is 14.1. The van der Waals surface area contributed by atoms with Gasteiger partial charge in [0.05, 0.1) is 5.56 Å². The third-order valence-electron chi connectivity index (χ3n) is 3.94. The molecule has 0 aliphatic heterocycles. The van der Waals surface area contributed by atoms with Gasteiger partial charge < -0.3 is 5.32 Å². The Kier molecular flexibility index (Phi) is 5.09. The molecule has 1 aromatic carbocycles. The standard InChI is InChI=1S/C17H25NO2/c1-9(2)8-18-17(20)16-13(6)11(4)10(3)12(5)15(16)14(7)19/h9H,8H2,1-7H3,(H,18,20). The van der Waals surface area contributed by atoms with Gasteiger partial charge in [0.1, 0.15) is 0 Å². The van der Waals surface area contributed by atoms with Crippen LogP contribution in [0.3, 0.4) is 0 Å². The molecule has 1 N–H and O–H groups in total. The Morgan fingerprint density at radius 3 is 1.75 bits per heavy atom. The number of rotatable bonds is 4. The smallest absolute Gasteiger partial charge is 0.252 e. The summed E-state index contributed by atoms with van der Waals surface area (Å²) in [5, 5.41) is 2.92. The molecule has 0 radical (unpaired) electrons. The van der Waals surface area contributed by atoms with Crippen LogP contribution in [0, 0.1) is 33.6 Å². The lowest BCUT2D eigenvalue weighted by Crippen LogP contribution is -2.30. The second-order valence-electron chi connectivity index (χ2n) is 5.91. The van der Waals surface area contributed by atoms with Gasteiger partial charge in [0.2, 0.25) is 0 Å². The van der Waals surface area contributed by atoms with E-state index in [-0.39, 0.29) is 11.7 Å². The van der Waals surface area contributed by atoms with Crippen molar-refractivity contribution in [2.24, 2.45) is 5.92 Å². The van der Waals surface area contributed by atoms with Gasteiger partial charge >= 0.3 is 0 Å². The summed E-state index contributed by atoms with van der Waals surface area (Å²) in [5.74, 6) is 0.184. The van der Waals surface area contributed by atoms with E-state index in [4.69, 9.17) is 0 Å². The number of Topliss-reactive ketones (excluding diaryl/α,β-unsaturated/α-hetero) is 1. The Hall–Kier alpha value is -1.64. The zero-order chi connectivity index (χ0) is 15.6. The number of benzene rings is 1. The molecule has 20 heavy (non-hydrogen) atoms. The first-order valence-electron chi connectivity index (χ1n) is 7.07. The Bertz CT molecular complexity index is 557. The van der Waals surface area contributed by atoms with Crippen LogP contribution in [0.15, 0.2) is 0 Å². The van der Waals surface area contributed by atoms with E-state index >= 15 is 0 Å². The average molecular weight is 275 g/mol. The van der Waals surface area contributed by atoms with Gasteiger partial charge in [0.15, 0.2) is 5.78 Å². The van der Waals surface area contributed by atoms with Crippen LogP contribution >= 0.6 is 0 Å². The summed E-state index contributed by atoms with van der Waals surface area (Å²) in [4.78, 5) is 24.4. The Labute approximate surface area is 121 Å². The van der Waals surface area contributed by atoms with Gasteiger partial charge in [-0.25, -0.2) is 0 Å². The van der Waals surface area contributed by atoms with E-state index in [0.29, 0.717) is 23.6 Å². The topological polar surface area (TPSA) is 46.2 Å². The maximum absolute atomic E-state index is 12.4. The number of hydrogen-bond acceptors (Lipinski definition) is 2. The lowest BCUT2D eigenvalue weighted by Gasteiger charge is -2.19. The number of ketones is 1. The maximum atomic E-state index is 12.4. The normalized spacial score (nSPS) is 10.8. The molecular formula is C17H25NO2. The summed E-state index contributed by atoms with van der Waals surface area (Å²) >= 11 is 0. The van der Waals surface area contributed by atoms with Gasteiger partial charge in [-0.15, -0.1) is 0 Å². The summed E-state index contributed by atoms with van der Waals surface area (Å²) < 4.78 is 0. The number of amides is 1. The van der Waals surface area contributed by atoms with E-state index in [1.54, 1.807) is 0 Å². The van der Waals surface area contributed by atoms with Gasteiger partial charge in [-0.1, -0.05) is 13.8 Å². The van der Waals surface area contributed by atoms with E-state index in [9.17, 15) is 9.59 Å². The predicted molar refractivity (Wildman–Crippen MR) is 82.6 cm³/mol. The van der Waals surface area contributed by atoms with Crippen LogP contribution in [0.1, 0.15) is 63.7 Å². The van der Waals surface area contributed by atoms with Gasteiger partial charge in [0.25, 0.3) is 5.91 Å². The lowest BCUT2D eigenvalue weighted by atomic mass is 9.87. The second-order valence-corrected chi connectivity index (χ2v) is 5.91. The van der Waals surface area contributed by atoms with Crippen LogP contribution in [0.25, 0.3) is 0 Å². The molecule has 0 aromatic heterocycles. The molecule has 1 aromatic rings. The van der Waals surface area contributed by atoms with Gasteiger partial charge in [-0.2, -0.15) is 0 Å². The first kappa shape index (κ1) is 16.4. The van der Waals surface area contributed by atoms with Crippen LogP contribution in [-0.2, 0) is 0 Å². The highest BCUT2D eigenvalue weighted by Crippen LogP contribution is 2.27. The Morgan fingerprint density at radius 2 is 1.35 bits per heavy atom. The van der Waals surface area contributed by atoms with Crippen LogP contribution in [0.4, 0.5) is 0 Å². The molecule has 0 aliphatic carbocycles. The Morgan fingerprint density at radius 1 is 0.900 bits per heavy atom. The predicted octanol–water partition coefficient (Wildman–Crippen LogP) is 3.51. The highest BCUT2D eigenvalue weighted by Gasteiger charge is 2.22. The van der Waals surface area contributed by atoms with Crippen LogP contribution in [0.2, 0.25) is 0 Å². The average Bonchev–Trinajstić information content (AvgIpc) is 2.36. The molecule has 0 unspecified atom stereocenters. The number of carbonyl (C=O) groups excluding carboxylic acids is 2. The summed E-state index contributed by atoms with van der Waals surface area (Å²) in [6, 6.07) is 0. The molecule has 1 rings (SSSR count). The molecule has 3 nitrogen and oxygen atoms in total. The molecular weight excluding hydrogens is 250 g/mol. The second kappa shape index (κ2) is 6.21. The van der Waals surface area contributed by atoms with Crippen LogP contribution < -0.4 is 5.32 Å². The first-order chi connectivity index (χ1) is 9.18. The number of carbonyl (C=O) groups is 2. The zero-order valence-electron chi connectivity index (χ0n) is 13.6. The molecule has 0 atom stereocenters. The van der Waals surface area contributed by atoms with Gasteiger partial charge in [-0.05, 0) is 62.8 Å². The van der Waals surface area contributed by atoms with Crippen molar-refractivity contribution in [2.45, 2.75) is 48.5 Å². The van der Waals surface area contributed by atoms with Crippen molar-refractivity contribution in [1.29, 1.82) is 0 Å². The van der Waals surface area contributed by atoms with Gasteiger partial charge in [-0.3, -0.25) is 9.59 Å². The highest BCUT2D eigenvalue weighted by atomic mass is 16.2. The summed E-state index contributed by atoms with van der Waals surface area (Å²) in [7, 11) is 0. The van der Waals surface area contributed by atoms with E-state index < -0.39 is 0 Å². The minimum atomic E-state index is -0.146. The molecule has 0 fully saturated rings. The van der Waals surface area contributed by atoms with Crippen molar-refractivity contribution in [2.75, 3.05) is 6.54 Å². The van der Waals surface area contributed by atoms with Crippen LogP contribution in [-0.4, -0.2) is 18.2 Å². The monoisotopic (exact) mass is 275 g/mol. The molecule has 0 heterocycles. The number of hydrogen-bond donors (Lipinski definition) is 1. The lowest BCUT2D eigenvalue weighted by molar-refractivity contribution is 0.0933. The van der Waals surface area contributed by atoms with Crippen molar-refractivity contribution in [3.63, 3.8) is 0 Å². The van der Waals surface area contributed by atoms with Crippen molar-refractivity contribution in [3.05, 3.63) is 33.4 Å². The fraction of sp³-hybridized carbons (Fsp3) is 0.529. The fourth-order valence-electron chi connectivity index (χ4n) is 2.42. The maximum Gasteiger partial charge on any atom is 0.252 e. The SMILES string of the molecule is CC(=O)c1c(C)c(C)c(C)c(C)c1C(=O)NCC(C)C. The zero-order valence-corrected chi connectivity index (χ0v) is 13.6. The van der Waals surface area contributed by atoms with Gasteiger partial charge in [0, 0.05) is 12.1 Å². The third kappa shape index (κ3) is 3.09. The van der Waals surface area contributed by atoms with E-state index in [0.717, 1.165) is 22.3 Å². The Balaban J connectivity index is 3.44. The number of nitrogens with one attached hydrogen (secondary N) is 1. The van der Waals surface area contributed by atoms with Crippen molar-refractivity contribution < 1.29 is 9.59 Å². The van der Waals surface area contributed by atoms with Crippen molar-refractivity contribution >= 4 is 11.7 Å². The quantitative estimate of drug-likeness (QED) is 0.855. The van der Waals surface area contributed by atoms with Crippen LogP contribution in [0.5, 0.6) is 0 Å². The highest BCUT2D eigenvalue weighted by molar-refractivity contribution is 6.09. The minimum absolute atomic E-state index is 0.0524. The largest absolute Gasteiger partial charge is 0.352 e. The molecule has 1 amide bonds. The molecule has 3 heteroatoms. The molecule has 0 aliphatic rings. The van der Waals surface area contributed by atoms with Crippen molar-refractivity contribution in [3.8, 4) is 0 Å². The molecule has 110 valence electrons. The molecule has 0 bridgehead atoms. The van der Waals surface area contributed by atoms with E-state index in [2.05, 4.69) is 5.32 Å². The fourth-order valence-corrected chi connectivity index (χ4v) is 2.42. The molecule has 0 saturated heterocycles. The van der Waals surface area contributed by atoms with Crippen molar-refractivity contribution in [1.82, 2.24) is 5.32 Å². The summed E-state index contributed by atoms with van der Waals surface area (Å²) in [6.07, 6.45) is 0. The third-order valence-corrected chi connectivity index (χ3v) is 3.94. The molecule has 0 spiro atoms. The minimum Gasteiger partial charge on any atom is -0.352 e. The molecule has 0 saturated carbocycles.